The van der Waals surface area contributed by atoms with Gasteiger partial charge < -0.3 is 9.64 Å². The van der Waals surface area contributed by atoms with Crippen molar-refractivity contribution in [3.05, 3.63) is 16.1 Å². The minimum atomic E-state index is 0.188. The van der Waals surface area contributed by atoms with Crippen LogP contribution in [0.1, 0.15) is 31.0 Å². The van der Waals surface area contributed by atoms with Gasteiger partial charge in [-0.25, -0.2) is 4.98 Å². The summed E-state index contributed by atoms with van der Waals surface area (Å²) in [5, 5.41) is 3.19. The van der Waals surface area contributed by atoms with Gasteiger partial charge in [0.25, 0.3) is 0 Å². The Hall–Kier alpha value is -0.980. The zero-order valence-corrected chi connectivity index (χ0v) is 14.0. The molecule has 0 aliphatic carbocycles. The highest BCUT2D eigenvalue weighted by atomic mass is 32.1. The molecule has 2 heterocycles. The fourth-order valence-electron chi connectivity index (χ4n) is 2.28. The number of hydrogen-bond acceptors (Lipinski definition) is 5. The van der Waals surface area contributed by atoms with Crippen molar-refractivity contribution in [2.45, 2.75) is 33.4 Å². The molecular formula is C15H25N3O2S. The molecule has 0 bridgehead atoms. The molecule has 1 aliphatic heterocycles. The van der Waals surface area contributed by atoms with Gasteiger partial charge in [-0.2, -0.15) is 0 Å². The smallest absolute Gasteiger partial charge is 0.222 e. The lowest BCUT2D eigenvalue weighted by Gasteiger charge is -2.25. The number of aromatic nitrogens is 1. The van der Waals surface area contributed by atoms with Crippen LogP contribution < -0.4 is 0 Å². The molecular weight excluding hydrogens is 286 g/mol. The summed E-state index contributed by atoms with van der Waals surface area (Å²) in [5.41, 5.74) is 0.989. The topological polar surface area (TPSA) is 45.7 Å². The molecule has 1 aromatic rings. The summed E-state index contributed by atoms with van der Waals surface area (Å²) in [6.07, 6.45) is 0.598. The monoisotopic (exact) mass is 311 g/mol. The molecule has 0 radical (unpaired) electrons. The third kappa shape index (κ3) is 5.37. The Morgan fingerprint density at radius 3 is 2.86 bits per heavy atom. The van der Waals surface area contributed by atoms with Gasteiger partial charge in [-0.3, -0.25) is 9.69 Å². The molecule has 1 aliphatic rings. The lowest BCUT2D eigenvalue weighted by Crippen LogP contribution is -2.35. The maximum Gasteiger partial charge on any atom is 0.222 e. The summed E-state index contributed by atoms with van der Waals surface area (Å²) in [6, 6.07) is 0. The molecule has 0 unspecified atom stereocenters. The van der Waals surface area contributed by atoms with E-state index in [9.17, 15) is 4.79 Å². The second-order valence-corrected chi connectivity index (χ2v) is 6.91. The minimum Gasteiger partial charge on any atom is -0.379 e. The zero-order chi connectivity index (χ0) is 15.2. The molecule has 0 atom stereocenters. The van der Waals surface area contributed by atoms with Crippen LogP contribution in [-0.4, -0.2) is 54.0 Å². The second-order valence-electron chi connectivity index (χ2n) is 5.97. The van der Waals surface area contributed by atoms with Crippen molar-refractivity contribution in [3.8, 4) is 0 Å². The van der Waals surface area contributed by atoms with Crippen LogP contribution in [0, 0.1) is 5.92 Å². The van der Waals surface area contributed by atoms with Crippen LogP contribution in [-0.2, 0) is 22.6 Å². The SMILES string of the molecule is CC(C)CC(=O)N(C)Cc1csc(CN2CCOCC2)n1. The number of carbonyl (C=O) groups excluding carboxylic acids is 1. The van der Waals surface area contributed by atoms with E-state index in [0.29, 0.717) is 18.9 Å². The van der Waals surface area contributed by atoms with Crippen LogP contribution >= 0.6 is 11.3 Å². The van der Waals surface area contributed by atoms with Gasteiger partial charge in [0, 0.05) is 31.9 Å². The predicted octanol–water partition coefficient (Wildman–Crippen LogP) is 1.98. The highest BCUT2D eigenvalue weighted by Crippen LogP contribution is 2.15. The molecule has 5 nitrogen and oxygen atoms in total. The number of rotatable bonds is 6. The van der Waals surface area contributed by atoms with Gasteiger partial charge in [-0.05, 0) is 5.92 Å². The standard InChI is InChI=1S/C15H25N3O2S/c1-12(2)8-15(19)17(3)9-13-11-21-14(16-13)10-18-4-6-20-7-5-18/h11-12H,4-10H2,1-3H3. The molecule has 1 saturated heterocycles. The molecule has 0 saturated carbocycles. The fourth-order valence-corrected chi connectivity index (χ4v) is 3.11. The Morgan fingerprint density at radius 2 is 2.19 bits per heavy atom. The Labute approximate surface area is 130 Å². The van der Waals surface area contributed by atoms with E-state index in [1.165, 1.54) is 0 Å². The number of amides is 1. The summed E-state index contributed by atoms with van der Waals surface area (Å²) in [6.45, 7) is 9.19. The number of ether oxygens (including phenoxy) is 1. The fraction of sp³-hybridized carbons (Fsp3) is 0.733. The van der Waals surface area contributed by atoms with Crippen molar-refractivity contribution >= 4 is 17.2 Å². The second kappa shape index (κ2) is 7.87. The van der Waals surface area contributed by atoms with Gasteiger partial charge in [-0.1, -0.05) is 13.8 Å². The first-order chi connectivity index (χ1) is 10.0. The minimum absolute atomic E-state index is 0.188. The predicted molar refractivity (Wildman–Crippen MR) is 84.1 cm³/mol. The maximum absolute atomic E-state index is 12.0. The van der Waals surface area contributed by atoms with Crippen LogP contribution in [0.25, 0.3) is 0 Å². The summed E-state index contributed by atoms with van der Waals surface area (Å²) in [7, 11) is 1.85. The van der Waals surface area contributed by atoms with E-state index < -0.39 is 0 Å². The third-order valence-corrected chi connectivity index (χ3v) is 4.35. The highest BCUT2D eigenvalue weighted by Gasteiger charge is 2.15. The third-order valence-electron chi connectivity index (χ3n) is 3.47. The van der Waals surface area contributed by atoms with E-state index in [1.807, 2.05) is 7.05 Å². The van der Waals surface area contributed by atoms with E-state index >= 15 is 0 Å². The quantitative estimate of drug-likeness (QED) is 0.806. The van der Waals surface area contributed by atoms with E-state index in [0.717, 1.165) is 43.5 Å². The van der Waals surface area contributed by atoms with Gasteiger partial charge in [0.1, 0.15) is 5.01 Å². The molecule has 6 heteroatoms. The van der Waals surface area contributed by atoms with Crippen molar-refractivity contribution in [2.75, 3.05) is 33.4 Å². The molecule has 1 amide bonds. The van der Waals surface area contributed by atoms with Crippen molar-refractivity contribution in [1.29, 1.82) is 0 Å². The van der Waals surface area contributed by atoms with Crippen molar-refractivity contribution in [1.82, 2.24) is 14.8 Å². The number of hydrogen-bond donors (Lipinski definition) is 0. The van der Waals surface area contributed by atoms with E-state index in [2.05, 4.69) is 29.1 Å². The van der Waals surface area contributed by atoms with Gasteiger partial charge in [0.15, 0.2) is 0 Å². The lowest BCUT2D eigenvalue weighted by molar-refractivity contribution is -0.131. The van der Waals surface area contributed by atoms with Crippen LogP contribution in [0.5, 0.6) is 0 Å². The largest absolute Gasteiger partial charge is 0.379 e. The van der Waals surface area contributed by atoms with Gasteiger partial charge in [-0.15, -0.1) is 11.3 Å². The van der Waals surface area contributed by atoms with E-state index in [1.54, 1.807) is 16.2 Å². The summed E-state index contributed by atoms with van der Waals surface area (Å²) in [5.74, 6) is 0.583. The Morgan fingerprint density at radius 1 is 1.48 bits per heavy atom. The molecule has 0 spiro atoms. The number of nitrogens with zero attached hydrogens (tertiary/aromatic N) is 3. The molecule has 0 aromatic carbocycles. The first-order valence-corrected chi connectivity index (χ1v) is 8.40. The van der Waals surface area contributed by atoms with E-state index in [4.69, 9.17) is 4.74 Å². The molecule has 118 valence electrons. The van der Waals surface area contributed by atoms with Gasteiger partial charge in [0.05, 0.1) is 32.0 Å². The van der Waals surface area contributed by atoms with Gasteiger partial charge in [0.2, 0.25) is 5.91 Å². The van der Waals surface area contributed by atoms with Crippen molar-refractivity contribution < 1.29 is 9.53 Å². The van der Waals surface area contributed by atoms with Crippen LogP contribution in [0.3, 0.4) is 0 Å². The van der Waals surface area contributed by atoms with Crippen LogP contribution in [0.2, 0.25) is 0 Å². The first kappa shape index (κ1) is 16.4. The normalized spacial score (nSPS) is 16.4. The van der Waals surface area contributed by atoms with Crippen LogP contribution in [0.4, 0.5) is 0 Å². The Balaban J connectivity index is 1.83. The average molecular weight is 311 g/mol. The highest BCUT2D eigenvalue weighted by molar-refractivity contribution is 7.09. The number of thiazole rings is 1. The van der Waals surface area contributed by atoms with Crippen molar-refractivity contribution in [3.63, 3.8) is 0 Å². The maximum atomic E-state index is 12.0. The summed E-state index contributed by atoms with van der Waals surface area (Å²) < 4.78 is 5.35. The molecule has 21 heavy (non-hydrogen) atoms. The Kier molecular flexibility index (Phi) is 6.14. The molecule has 2 rings (SSSR count). The van der Waals surface area contributed by atoms with Crippen LogP contribution in [0.15, 0.2) is 5.38 Å². The van der Waals surface area contributed by atoms with Gasteiger partial charge >= 0.3 is 0 Å². The first-order valence-electron chi connectivity index (χ1n) is 7.52. The number of carbonyl (C=O) groups is 1. The molecule has 0 N–H and O–H groups in total. The lowest BCUT2D eigenvalue weighted by atomic mass is 10.1. The summed E-state index contributed by atoms with van der Waals surface area (Å²) in [4.78, 5) is 20.7. The molecule has 1 aromatic heterocycles. The zero-order valence-electron chi connectivity index (χ0n) is 13.2. The van der Waals surface area contributed by atoms with E-state index in [-0.39, 0.29) is 5.91 Å². The molecule has 1 fully saturated rings. The van der Waals surface area contributed by atoms with Crippen molar-refractivity contribution in [2.24, 2.45) is 5.92 Å². The average Bonchev–Trinajstić information content (AvgIpc) is 2.86. The summed E-state index contributed by atoms with van der Waals surface area (Å²) >= 11 is 1.68. The Bertz CT molecular complexity index is 456. The number of morpholine rings is 1.